The van der Waals surface area contributed by atoms with Crippen molar-refractivity contribution in [2.24, 2.45) is 11.7 Å². The third-order valence-corrected chi connectivity index (χ3v) is 5.13. The molecule has 1 saturated carbocycles. The lowest BCUT2D eigenvalue weighted by Gasteiger charge is -2.35. The molecule has 1 fully saturated rings. The molecule has 5 heteroatoms. The Labute approximate surface area is 130 Å². The first kappa shape index (κ1) is 18.4. The van der Waals surface area contributed by atoms with Crippen LogP contribution in [0.25, 0.3) is 0 Å². The maximum absolute atomic E-state index is 11.9. The molecule has 3 atom stereocenters. The van der Waals surface area contributed by atoms with Gasteiger partial charge >= 0.3 is 0 Å². The summed E-state index contributed by atoms with van der Waals surface area (Å²) in [6.07, 6.45) is 4.11. The molecule has 1 aliphatic carbocycles. The lowest BCUT2D eigenvalue weighted by atomic mass is 9.84. The third kappa shape index (κ3) is 4.41. The van der Waals surface area contributed by atoms with Gasteiger partial charge in [0.05, 0.1) is 0 Å². The van der Waals surface area contributed by atoms with E-state index in [4.69, 9.17) is 5.73 Å². The van der Waals surface area contributed by atoms with Crippen LogP contribution in [0.4, 0.5) is 0 Å². The molecule has 3 unspecified atom stereocenters. The van der Waals surface area contributed by atoms with Crippen LogP contribution in [-0.2, 0) is 4.79 Å². The van der Waals surface area contributed by atoms with Gasteiger partial charge in [-0.15, -0.1) is 0 Å². The summed E-state index contributed by atoms with van der Waals surface area (Å²) < 4.78 is 0. The third-order valence-electron chi connectivity index (χ3n) is 5.13. The van der Waals surface area contributed by atoms with E-state index in [0.29, 0.717) is 12.0 Å². The van der Waals surface area contributed by atoms with Gasteiger partial charge in [0.1, 0.15) is 5.54 Å². The Bertz CT molecular complexity index is 334. The summed E-state index contributed by atoms with van der Waals surface area (Å²) in [4.78, 5) is 16.6. The summed E-state index contributed by atoms with van der Waals surface area (Å²) in [7, 11) is 6.09. The van der Waals surface area contributed by atoms with E-state index in [1.54, 1.807) is 0 Å². The van der Waals surface area contributed by atoms with Crippen LogP contribution in [0.2, 0.25) is 0 Å². The number of hydrogen-bond acceptors (Lipinski definition) is 4. The van der Waals surface area contributed by atoms with Gasteiger partial charge in [-0.3, -0.25) is 9.69 Å². The van der Waals surface area contributed by atoms with Crippen LogP contribution < -0.4 is 11.1 Å². The molecular formula is C16H34N4O. The topological polar surface area (TPSA) is 61.6 Å². The highest BCUT2D eigenvalue weighted by Gasteiger charge is 2.46. The average molecular weight is 298 g/mol. The Hall–Kier alpha value is -0.650. The zero-order valence-electron chi connectivity index (χ0n) is 14.5. The fourth-order valence-electron chi connectivity index (χ4n) is 3.90. The summed E-state index contributed by atoms with van der Waals surface area (Å²) in [6, 6.07) is 0.531. The summed E-state index contributed by atoms with van der Waals surface area (Å²) in [5.41, 5.74) is 5.19. The van der Waals surface area contributed by atoms with Gasteiger partial charge in [-0.1, -0.05) is 13.3 Å². The summed E-state index contributed by atoms with van der Waals surface area (Å²) in [5, 5.41) is 3.23. The van der Waals surface area contributed by atoms with Crippen LogP contribution in [0.5, 0.6) is 0 Å². The van der Waals surface area contributed by atoms with Crippen LogP contribution in [-0.4, -0.2) is 68.1 Å². The molecular weight excluding hydrogens is 264 g/mol. The van der Waals surface area contributed by atoms with Gasteiger partial charge in [0.2, 0.25) is 5.91 Å². The van der Waals surface area contributed by atoms with Gasteiger partial charge in [-0.2, -0.15) is 0 Å². The molecule has 0 radical (unpaired) electrons. The first-order valence-electron chi connectivity index (χ1n) is 8.25. The van der Waals surface area contributed by atoms with Gasteiger partial charge in [0.25, 0.3) is 0 Å². The molecule has 0 aliphatic heterocycles. The SMILES string of the molecule is CCN(CCC1CCCC1(NC)C(N)=O)C(C)CN(C)C. The van der Waals surface area contributed by atoms with Gasteiger partial charge in [-0.05, 0) is 66.3 Å². The van der Waals surface area contributed by atoms with E-state index in [9.17, 15) is 4.79 Å². The van der Waals surface area contributed by atoms with E-state index in [-0.39, 0.29) is 5.91 Å². The number of nitrogens with zero attached hydrogens (tertiary/aromatic N) is 2. The molecule has 0 heterocycles. The second-order valence-electron chi connectivity index (χ2n) is 6.70. The van der Waals surface area contributed by atoms with E-state index in [0.717, 1.165) is 45.3 Å². The van der Waals surface area contributed by atoms with Crippen molar-refractivity contribution in [1.82, 2.24) is 15.1 Å². The van der Waals surface area contributed by atoms with Gasteiger partial charge < -0.3 is 16.0 Å². The van der Waals surface area contributed by atoms with Gasteiger partial charge in [0.15, 0.2) is 0 Å². The molecule has 1 amide bonds. The number of carbonyl (C=O) groups is 1. The van der Waals surface area contributed by atoms with Gasteiger partial charge in [0, 0.05) is 12.6 Å². The number of nitrogens with one attached hydrogen (secondary N) is 1. The highest BCUT2D eigenvalue weighted by Crippen LogP contribution is 2.37. The molecule has 0 spiro atoms. The van der Waals surface area contributed by atoms with Crippen molar-refractivity contribution in [2.45, 2.75) is 51.1 Å². The molecule has 0 aromatic carbocycles. The first-order valence-corrected chi connectivity index (χ1v) is 8.25. The van der Waals surface area contributed by atoms with Crippen molar-refractivity contribution in [1.29, 1.82) is 0 Å². The van der Waals surface area contributed by atoms with Crippen molar-refractivity contribution in [2.75, 3.05) is 40.8 Å². The Morgan fingerprint density at radius 2 is 2.14 bits per heavy atom. The minimum Gasteiger partial charge on any atom is -0.368 e. The first-order chi connectivity index (χ1) is 9.87. The molecule has 1 rings (SSSR count). The Balaban J connectivity index is 2.61. The molecule has 21 heavy (non-hydrogen) atoms. The monoisotopic (exact) mass is 298 g/mol. The Morgan fingerprint density at radius 3 is 2.62 bits per heavy atom. The molecule has 3 N–H and O–H groups in total. The fraction of sp³-hybridized carbons (Fsp3) is 0.938. The van der Waals surface area contributed by atoms with Crippen molar-refractivity contribution in [3.05, 3.63) is 0 Å². The number of nitrogens with two attached hydrogens (primary N) is 1. The van der Waals surface area contributed by atoms with E-state index in [1.807, 2.05) is 7.05 Å². The number of carbonyl (C=O) groups excluding carboxylic acids is 1. The van der Waals surface area contributed by atoms with Crippen molar-refractivity contribution in [3.63, 3.8) is 0 Å². The number of hydrogen-bond donors (Lipinski definition) is 2. The maximum Gasteiger partial charge on any atom is 0.238 e. The molecule has 124 valence electrons. The summed E-state index contributed by atoms with van der Waals surface area (Å²) in [5.74, 6) is 0.178. The number of primary amides is 1. The smallest absolute Gasteiger partial charge is 0.238 e. The summed E-state index contributed by atoms with van der Waals surface area (Å²) >= 11 is 0. The van der Waals surface area contributed by atoms with Crippen molar-refractivity contribution < 1.29 is 4.79 Å². The Kier molecular flexibility index (Phi) is 7.10. The number of rotatable bonds is 9. The maximum atomic E-state index is 11.9. The van der Waals surface area contributed by atoms with Crippen LogP contribution >= 0.6 is 0 Å². The number of amides is 1. The number of likely N-dealkylation sites (N-methyl/N-ethyl adjacent to an activating group) is 3. The van der Waals surface area contributed by atoms with E-state index in [1.165, 1.54) is 0 Å². The lowest BCUT2D eigenvalue weighted by molar-refractivity contribution is -0.125. The normalized spacial score (nSPS) is 27.5. The standard InChI is InChI=1S/C16H34N4O/c1-6-20(13(2)12-19(4)5)11-9-14-8-7-10-16(14,18-3)15(17)21/h13-14,18H,6-12H2,1-5H3,(H2,17,21). The van der Waals surface area contributed by atoms with Crippen LogP contribution in [0.15, 0.2) is 0 Å². The highest BCUT2D eigenvalue weighted by atomic mass is 16.1. The van der Waals surface area contributed by atoms with E-state index < -0.39 is 5.54 Å². The highest BCUT2D eigenvalue weighted by molar-refractivity contribution is 5.85. The minimum atomic E-state index is -0.482. The quantitative estimate of drug-likeness (QED) is 0.664. The zero-order valence-corrected chi connectivity index (χ0v) is 14.5. The molecule has 0 aromatic rings. The van der Waals surface area contributed by atoms with Crippen molar-refractivity contribution >= 4 is 5.91 Å². The van der Waals surface area contributed by atoms with E-state index in [2.05, 4.69) is 43.1 Å². The van der Waals surface area contributed by atoms with E-state index >= 15 is 0 Å². The second-order valence-corrected chi connectivity index (χ2v) is 6.70. The predicted molar refractivity (Wildman–Crippen MR) is 88.2 cm³/mol. The molecule has 0 bridgehead atoms. The van der Waals surface area contributed by atoms with Gasteiger partial charge in [-0.25, -0.2) is 0 Å². The fourth-order valence-corrected chi connectivity index (χ4v) is 3.90. The molecule has 0 aromatic heterocycles. The van der Waals surface area contributed by atoms with Crippen LogP contribution in [0, 0.1) is 5.92 Å². The predicted octanol–water partition coefficient (Wildman–Crippen LogP) is 0.892. The average Bonchev–Trinajstić information content (AvgIpc) is 2.82. The lowest BCUT2D eigenvalue weighted by Crippen LogP contribution is -2.57. The minimum absolute atomic E-state index is 0.183. The van der Waals surface area contributed by atoms with Crippen LogP contribution in [0.3, 0.4) is 0 Å². The molecule has 1 aliphatic rings. The largest absolute Gasteiger partial charge is 0.368 e. The summed E-state index contributed by atoms with van der Waals surface area (Å²) in [6.45, 7) is 7.63. The molecule has 5 nitrogen and oxygen atoms in total. The Morgan fingerprint density at radius 1 is 1.48 bits per heavy atom. The van der Waals surface area contributed by atoms with Crippen molar-refractivity contribution in [3.8, 4) is 0 Å². The zero-order chi connectivity index (χ0) is 16.0. The second kappa shape index (κ2) is 8.11. The van der Waals surface area contributed by atoms with Crippen LogP contribution in [0.1, 0.15) is 39.5 Å². The molecule has 0 saturated heterocycles.